The van der Waals surface area contributed by atoms with Gasteiger partial charge < -0.3 is 10.2 Å². The Labute approximate surface area is 173 Å². The molecular weight excluding hydrogens is 368 g/mol. The summed E-state index contributed by atoms with van der Waals surface area (Å²) in [4.78, 5) is 23.7. The second-order valence-electron chi connectivity index (χ2n) is 11.3. The number of aliphatic hydroxyl groups excluding tert-OH is 1. The van der Waals surface area contributed by atoms with Crippen LogP contribution in [0.2, 0.25) is 0 Å². The van der Waals surface area contributed by atoms with E-state index in [-0.39, 0.29) is 29.0 Å². The average molecular weight is 405 g/mol. The third kappa shape index (κ3) is 2.47. The Kier molecular flexibility index (Phi) is 4.35. The van der Waals surface area contributed by atoms with Gasteiger partial charge in [0.05, 0.1) is 6.10 Å². The number of fused-ring (bicyclic) bond motifs is 2. The van der Waals surface area contributed by atoms with Crippen LogP contribution in [0, 0.1) is 34.5 Å². The molecule has 2 aliphatic heterocycles. The van der Waals surface area contributed by atoms with Gasteiger partial charge in [0, 0.05) is 30.1 Å². The van der Waals surface area contributed by atoms with E-state index in [1.807, 2.05) is 0 Å². The highest BCUT2D eigenvalue weighted by atomic mass is 17.2. The molecule has 5 heteroatoms. The van der Waals surface area contributed by atoms with Gasteiger partial charge in [-0.1, -0.05) is 26.8 Å². The molecular formula is C24H36O5. The lowest BCUT2D eigenvalue weighted by Crippen LogP contribution is -2.73. The maximum absolute atomic E-state index is 11.1. The number of aliphatic carboxylic acids is 1. The minimum atomic E-state index is -0.693. The zero-order valence-corrected chi connectivity index (χ0v) is 18.0. The maximum atomic E-state index is 11.1. The van der Waals surface area contributed by atoms with Crippen LogP contribution in [0.4, 0.5) is 0 Å². The molecule has 5 nitrogen and oxygen atoms in total. The standard InChI is InChI=1S/C24H36O5/c1-15(4-7-20(26)27)17-5-6-18-21(17,2)10-9-19-22(3)11-8-16(25)14-23(22)12-13-24(18,19)29-28-23/h12-13,15-19,25H,4-11,14H2,1-3H3,(H,26,27). The van der Waals surface area contributed by atoms with E-state index in [1.165, 1.54) is 6.42 Å². The average Bonchev–Trinajstić information content (AvgIpc) is 3.04. The second-order valence-corrected chi connectivity index (χ2v) is 11.3. The molecule has 0 aromatic heterocycles. The summed E-state index contributed by atoms with van der Waals surface area (Å²) in [6, 6.07) is 0. The zero-order chi connectivity index (χ0) is 20.7. The third-order valence-corrected chi connectivity index (χ3v) is 10.2. The van der Waals surface area contributed by atoms with E-state index in [9.17, 15) is 9.90 Å². The number of aliphatic hydroxyl groups is 1. The molecule has 6 rings (SSSR count). The van der Waals surface area contributed by atoms with Crippen molar-refractivity contribution in [1.29, 1.82) is 0 Å². The van der Waals surface area contributed by atoms with Gasteiger partial charge in [-0.3, -0.25) is 4.79 Å². The predicted octanol–water partition coefficient (Wildman–Crippen LogP) is 4.49. The monoisotopic (exact) mass is 404 g/mol. The van der Waals surface area contributed by atoms with E-state index >= 15 is 0 Å². The predicted molar refractivity (Wildman–Crippen MR) is 108 cm³/mol. The molecule has 4 aliphatic carbocycles. The van der Waals surface area contributed by atoms with Crippen molar-refractivity contribution in [2.24, 2.45) is 34.5 Å². The van der Waals surface area contributed by atoms with Crippen LogP contribution in [0.5, 0.6) is 0 Å². The molecule has 9 unspecified atom stereocenters. The van der Waals surface area contributed by atoms with Gasteiger partial charge >= 0.3 is 5.97 Å². The van der Waals surface area contributed by atoms with E-state index in [0.29, 0.717) is 30.1 Å². The Morgan fingerprint density at radius 1 is 1.10 bits per heavy atom. The Bertz CT molecular complexity index is 735. The first kappa shape index (κ1) is 20.0. The zero-order valence-electron chi connectivity index (χ0n) is 18.0. The van der Waals surface area contributed by atoms with Gasteiger partial charge in [0.25, 0.3) is 0 Å². The molecule has 2 N–H and O–H groups in total. The topological polar surface area (TPSA) is 76.0 Å². The molecule has 0 aromatic rings. The SMILES string of the molecule is CC(CCC(=O)O)C1CCC2C1(C)CCC1C23C=CC2(CC(O)CCC12C)OO3. The van der Waals surface area contributed by atoms with E-state index < -0.39 is 11.6 Å². The van der Waals surface area contributed by atoms with Gasteiger partial charge in [-0.05, 0) is 68.3 Å². The first-order valence-electron chi connectivity index (χ1n) is 11.6. The van der Waals surface area contributed by atoms with Gasteiger partial charge in [-0.25, -0.2) is 9.78 Å². The van der Waals surface area contributed by atoms with Crippen LogP contribution in [0.1, 0.15) is 78.6 Å². The van der Waals surface area contributed by atoms with Crippen molar-refractivity contribution in [1.82, 2.24) is 0 Å². The number of hydrogen-bond donors (Lipinski definition) is 2. The number of carboxylic acid groups (broad SMARTS) is 1. The molecule has 0 aromatic carbocycles. The first-order valence-corrected chi connectivity index (χ1v) is 11.6. The Hall–Kier alpha value is -0.910. The lowest BCUT2D eigenvalue weighted by molar-refractivity contribution is -0.497. The summed E-state index contributed by atoms with van der Waals surface area (Å²) >= 11 is 0. The van der Waals surface area contributed by atoms with E-state index in [2.05, 4.69) is 32.9 Å². The van der Waals surface area contributed by atoms with Crippen LogP contribution in [-0.4, -0.2) is 33.5 Å². The highest BCUT2D eigenvalue weighted by Crippen LogP contribution is 2.72. The normalized spacial score (nSPS) is 53.8. The number of carbonyl (C=O) groups is 1. The fourth-order valence-corrected chi connectivity index (χ4v) is 8.63. The Morgan fingerprint density at radius 3 is 2.59 bits per heavy atom. The van der Waals surface area contributed by atoms with Gasteiger partial charge in [0.15, 0.2) is 0 Å². The van der Waals surface area contributed by atoms with Crippen LogP contribution in [0.3, 0.4) is 0 Å². The van der Waals surface area contributed by atoms with Gasteiger partial charge in [-0.2, -0.15) is 0 Å². The lowest BCUT2D eigenvalue weighted by atomic mass is 9.42. The van der Waals surface area contributed by atoms with Gasteiger partial charge in [-0.15, -0.1) is 0 Å². The van der Waals surface area contributed by atoms with Crippen molar-refractivity contribution in [2.45, 2.75) is 95.9 Å². The molecule has 162 valence electrons. The summed E-state index contributed by atoms with van der Waals surface area (Å²) in [6.07, 6.45) is 12.3. The third-order valence-electron chi connectivity index (χ3n) is 10.2. The Morgan fingerprint density at radius 2 is 1.90 bits per heavy atom. The molecule has 0 radical (unpaired) electrons. The largest absolute Gasteiger partial charge is 0.481 e. The van der Waals surface area contributed by atoms with Crippen molar-refractivity contribution >= 4 is 5.97 Å². The van der Waals surface area contributed by atoms with Crippen molar-refractivity contribution in [3.8, 4) is 0 Å². The van der Waals surface area contributed by atoms with Crippen molar-refractivity contribution in [2.75, 3.05) is 0 Å². The summed E-state index contributed by atoms with van der Waals surface area (Å²) in [5, 5.41) is 19.5. The molecule has 9 atom stereocenters. The summed E-state index contributed by atoms with van der Waals surface area (Å²) in [6.45, 7) is 7.04. The molecule has 0 amide bonds. The van der Waals surface area contributed by atoms with E-state index in [1.54, 1.807) is 0 Å². The number of rotatable bonds is 4. The fraction of sp³-hybridized carbons (Fsp3) is 0.875. The Balaban J connectivity index is 1.48. The summed E-state index contributed by atoms with van der Waals surface area (Å²) in [5.41, 5.74) is -0.692. The van der Waals surface area contributed by atoms with Crippen molar-refractivity contribution < 1.29 is 24.8 Å². The molecule has 6 aliphatic rings. The number of carboxylic acids is 1. The van der Waals surface area contributed by atoms with Crippen LogP contribution >= 0.6 is 0 Å². The van der Waals surface area contributed by atoms with Crippen LogP contribution in [0.25, 0.3) is 0 Å². The number of hydrogen-bond acceptors (Lipinski definition) is 4. The highest BCUT2D eigenvalue weighted by Gasteiger charge is 2.74. The quantitative estimate of drug-likeness (QED) is 0.533. The molecule has 1 saturated heterocycles. The minimum absolute atomic E-state index is 0.00751. The van der Waals surface area contributed by atoms with Crippen LogP contribution in [0.15, 0.2) is 12.2 Å². The molecule has 4 fully saturated rings. The minimum Gasteiger partial charge on any atom is -0.481 e. The fourth-order valence-electron chi connectivity index (χ4n) is 8.63. The van der Waals surface area contributed by atoms with Crippen molar-refractivity contribution in [3.63, 3.8) is 0 Å². The maximum Gasteiger partial charge on any atom is 0.303 e. The van der Waals surface area contributed by atoms with E-state index in [0.717, 1.165) is 38.5 Å². The summed E-state index contributed by atoms with van der Waals surface area (Å²) in [7, 11) is 0. The second kappa shape index (κ2) is 6.30. The lowest BCUT2D eigenvalue weighted by Gasteiger charge is -2.69. The molecule has 2 spiro atoms. The van der Waals surface area contributed by atoms with E-state index in [4.69, 9.17) is 14.9 Å². The van der Waals surface area contributed by atoms with Crippen LogP contribution < -0.4 is 0 Å². The highest BCUT2D eigenvalue weighted by molar-refractivity contribution is 5.66. The van der Waals surface area contributed by atoms with Gasteiger partial charge in [0.2, 0.25) is 0 Å². The molecule has 2 heterocycles. The molecule has 3 saturated carbocycles. The van der Waals surface area contributed by atoms with Crippen molar-refractivity contribution in [3.05, 3.63) is 12.2 Å². The smallest absolute Gasteiger partial charge is 0.303 e. The first-order chi connectivity index (χ1) is 13.7. The molecule has 2 bridgehead atoms. The summed E-state index contributed by atoms with van der Waals surface area (Å²) in [5.74, 6) is 1.08. The van der Waals surface area contributed by atoms with Crippen LogP contribution in [-0.2, 0) is 14.6 Å². The van der Waals surface area contributed by atoms with Gasteiger partial charge in [0.1, 0.15) is 11.2 Å². The molecule has 29 heavy (non-hydrogen) atoms. The summed E-state index contributed by atoms with van der Waals surface area (Å²) < 4.78 is 0.